The van der Waals surface area contributed by atoms with Crippen molar-refractivity contribution >= 4 is 17.0 Å². The third-order valence-electron chi connectivity index (χ3n) is 2.48. The molecule has 0 spiro atoms. The number of allylic oxidation sites excluding steroid dienone is 2. The first-order valence-electron chi connectivity index (χ1n) is 4.74. The third kappa shape index (κ3) is 1.39. The second-order valence-electron chi connectivity index (χ2n) is 3.50. The summed E-state index contributed by atoms with van der Waals surface area (Å²) in [5.41, 5.74) is 2.88. The number of fused-ring (bicyclic) bond motifs is 1. The average Bonchev–Trinajstić information content (AvgIpc) is 2.54. The van der Waals surface area contributed by atoms with Gasteiger partial charge < -0.3 is 4.90 Å². The Balaban J connectivity index is 2.34. The Kier molecular flexibility index (Phi) is 2.16. The Morgan fingerprint density at radius 3 is 3.00 bits per heavy atom. The van der Waals surface area contributed by atoms with Crippen molar-refractivity contribution in [2.24, 2.45) is 0 Å². The van der Waals surface area contributed by atoms with Gasteiger partial charge in [-0.15, -0.1) is 11.3 Å². The topological polar surface area (TPSA) is 3.24 Å². The molecular weight excluding hydrogens is 178 g/mol. The number of likely N-dealkylation sites (N-methyl/N-ethyl adjacent to an activating group) is 1. The van der Waals surface area contributed by atoms with Crippen molar-refractivity contribution < 1.29 is 0 Å². The lowest BCUT2D eigenvalue weighted by Gasteiger charge is -2.13. The Labute approximate surface area is 83.7 Å². The molecule has 13 heavy (non-hydrogen) atoms. The fraction of sp³-hybridized carbons (Fsp3) is 0.455. The first-order valence-corrected chi connectivity index (χ1v) is 5.56. The summed E-state index contributed by atoms with van der Waals surface area (Å²) >= 11 is 1.93. The van der Waals surface area contributed by atoms with Gasteiger partial charge in [0.15, 0.2) is 0 Å². The van der Waals surface area contributed by atoms with E-state index in [-0.39, 0.29) is 0 Å². The van der Waals surface area contributed by atoms with Crippen LogP contribution in [0.5, 0.6) is 0 Å². The van der Waals surface area contributed by atoms with Crippen LogP contribution in [0.15, 0.2) is 17.8 Å². The summed E-state index contributed by atoms with van der Waals surface area (Å²) in [5, 5.41) is 0. The van der Waals surface area contributed by atoms with Crippen LogP contribution < -0.4 is 4.90 Å². The van der Waals surface area contributed by atoms with Crippen molar-refractivity contribution in [3.63, 3.8) is 0 Å². The van der Waals surface area contributed by atoms with E-state index in [1.807, 2.05) is 11.3 Å². The molecule has 2 heteroatoms. The van der Waals surface area contributed by atoms with Gasteiger partial charge in [-0.3, -0.25) is 0 Å². The molecule has 0 radical (unpaired) electrons. The maximum Gasteiger partial charge on any atom is 0.0553 e. The second-order valence-corrected chi connectivity index (χ2v) is 4.85. The largest absolute Gasteiger partial charge is 0.347 e. The molecule has 0 saturated heterocycles. The Morgan fingerprint density at radius 2 is 2.38 bits per heavy atom. The number of hydrogen-bond donors (Lipinski definition) is 0. The quantitative estimate of drug-likeness (QED) is 0.661. The molecule has 0 aromatic carbocycles. The van der Waals surface area contributed by atoms with Crippen molar-refractivity contribution in [1.29, 1.82) is 0 Å². The molecule has 0 fully saturated rings. The van der Waals surface area contributed by atoms with E-state index in [0.29, 0.717) is 0 Å². The van der Waals surface area contributed by atoms with Crippen LogP contribution in [-0.2, 0) is 6.42 Å². The normalized spacial score (nSPS) is 18.4. The summed E-state index contributed by atoms with van der Waals surface area (Å²) in [6.45, 7) is 4.37. The fourth-order valence-electron chi connectivity index (χ4n) is 1.84. The molecule has 1 aromatic heterocycles. The van der Waals surface area contributed by atoms with Crippen LogP contribution in [0.25, 0.3) is 0 Å². The van der Waals surface area contributed by atoms with Gasteiger partial charge >= 0.3 is 0 Å². The number of anilines is 1. The van der Waals surface area contributed by atoms with E-state index in [2.05, 4.69) is 37.9 Å². The number of aryl methyl sites for hydroxylation is 1. The van der Waals surface area contributed by atoms with E-state index < -0.39 is 0 Å². The molecule has 1 nitrogen and oxygen atoms in total. The summed E-state index contributed by atoms with van der Waals surface area (Å²) in [7, 11) is 2.17. The van der Waals surface area contributed by atoms with Gasteiger partial charge in [0.25, 0.3) is 0 Å². The van der Waals surface area contributed by atoms with Crippen LogP contribution in [0.3, 0.4) is 0 Å². The zero-order valence-electron chi connectivity index (χ0n) is 8.42. The summed E-state index contributed by atoms with van der Waals surface area (Å²) in [6, 6.07) is 2.29. The van der Waals surface area contributed by atoms with Crippen molar-refractivity contribution in [3.8, 4) is 0 Å². The number of hydrogen-bond acceptors (Lipinski definition) is 2. The first kappa shape index (κ1) is 8.82. The van der Waals surface area contributed by atoms with E-state index >= 15 is 0 Å². The lowest BCUT2D eigenvalue weighted by molar-refractivity contribution is 1.05. The van der Waals surface area contributed by atoms with Crippen LogP contribution >= 0.6 is 11.3 Å². The smallest absolute Gasteiger partial charge is 0.0553 e. The lowest BCUT2D eigenvalue weighted by atomic mass is 10.3. The van der Waals surface area contributed by atoms with Gasteiger partial charge in [-0.1, -0.05) is 13.0 Å². The minimum atomic E-state index is 1.13. The monoisotopic (exact) mass is 193 g/mol. The van der Waals surface area contributed by atoms with Crippen LogP contribution in [0.1, 0.15) is 23.1 Å². The van der Waals surface area contributed by atoms with Gasteiger partial charge in [-0.25, -0.2) is 0 Å². The number of rotatable bonds is 1. The molecule has 0 N–H and O–H groups in total. The van der Waals surface area contributed by atoms with Crippen molar-refractivity contribution in [2.45, 2.75) is 26.7 Å². The van der Waals surface area contributed by atoms with Crippen molar-refractivity contribution in [3.05, 3.63) is 27.6 Å². The van der Waals surface area contributed by atoms with Crippen LogP contribution in [0.4, 0.5) is 5.69 Å². The van der Waals surface area contributed by atoms with Gasteiger partial charge in [-0.2, -0.15) is 0 Å². The molecule has 70 valence electrons. The van der Waals surface area contributed by atoms with Crippen molar-refractivity contribution in [1.82, 2.24) is 0 Å². The molecule has 0 aliphatic carbocycles. The summed E-state index contributed by atoms with van der Waals surface area (Å²) in [6.07, 6.45) is 4.59. The highest BCUT2D eigenvalue weighted by molar-refractivity contribution is 7.12. The van der Waals surface area contributed by atoms with E-state index in [1.54, 1.807) is 0 Å². The minimum absolute atomic E-state index is 1.13. The molecule has 0 unspecified atom stereocenters. The average molecular weight is 193 g/mol. The van der Waals surface area contributed by atoms with Gasteiger partial charge in [0, 0.05) is 28.9 Å². The summed E-state index contributed by atoms with van der Waals surface area (Å²) in [5.74, 6) is 0. The summed E-state index contributed by atoms with van der Waals surface area (Å²) in [4.78, 5) is 5.27. The molecule has 0 bridgehead atoms. The molecular formula is C11H15NS. The highest BCUT2D eigenvalue weighted by Crippen LogP contribution is 2.39. The highest BCUT2D eigenvalue weighted by Gasteiger charge is 2.22. The standard InChI is InChI=1S/C11H15NS/c1-4-5-9-7-11-10(12(9)3)6-8(2)13-11/h5-6H,4,7H2,1-3H3/b9-5+. The van der Waals surface area contributed by atoms with E-state index in [4.69, 9.17) is 0 Å². The Bertz CT molecular complexity index is 349. The van der Waals surface area contributed by atoms with Gasteiger partial charge in [0.2, 0.25) is 0 Å². The molecule has 0 atom stereocenters. The fourth-order valence-corrected chi connectivity index (χ4v) is 2.92. The van der Waals surface area contributed by atoms with Crippen molar-refractivity contribution in [2.75, 3.05) is 11.9 Å². The summed E-state index contributed by atoms with van der Waals surface area (Å²) < 4.78 is 0. The first-order chi connectivity index (χ1) is 6.22. The van der Waals surface area contributed by atoms with Crippen LogP contribution in [0, 0.1) is 6.92 Å². The molecule has 0 saturated carbocycles. The van der Waals surface area contributed by atoms with E-state index in [1.165, 1.54) is 21.1 Å². The number of thiophene rings is 1. The third-order valence-corrected chi connectivity index (χ3v) is 3.52. The molecule has 1 aliphatic rings. The Morgan fingerprint density at radius 1 is 1.62 bits per heavy atom. The van der Waals surface area contributed by atoms with Gasteiger partial charge in [-0.05, 0) is 19.4 Å². The van der Waals surface area contributed by atoms with E-state index in [9.17, 15) is 0 Å². The second kappa shape index (κ2) is 3.18. The zero-order valence-corrected chi connectivity index (χ0v) is 9.24. The number of nitrogens with zero attached hydrogens (tertiary/aromatic N) is 1. The minimum Gasteiger partial charge on any atom is -0.347 e. The molecule has 0 amide bonds. The zero-order chi connectivity index (χ0) is 9.42. The molecule has 2 rings (SSSR count). The van der Waals surface area contributed by atoms with Crippen LogP contribution in [-0.4, -0.2) is 7.05 Å². The SMILES string of the molecule is CC/C=C1\Cc2sc(C)cc2N1C. The molecule has 1 aromatic rings. The van der Waals surface area contributed by atoms with Gasteiger partial charge in [0.1, 0.15) is 0 Å². The predicted molar refractivity (Wildman–Crippen MR) is 59.5 cm³/mol. The van der Waals surface area contributed by atoms with E-state index in [0.717, 1.165) is 12.8 Å². The van der Waals surface area contributed by atoms with Crippen LogP contribution in [0.2, 0.25) is 0 Å². The predicted octanol–water partition coefficient (Wildman–Crippen LogP) is 3.34. The van der Waals surface area contributed by atoms with Gasteiger partial charge in [0.05, 0.1) is 5.69 Å². The highest BCUT2D eigenvalue weighted by atomic mass is 32.1. The maximum atomic E-state index is 2.32. The molecule has 2 heterocycles. The Hall–Kier alpha value is -0.760. The molecule has 1 aliphatic heterocycles. The maximum absolute atomic E-state index is 2.32. The lowest BCUT2D eigenvalue weighted by Crippen LogP contribution is -2.10.